The van der Waals surface area contributed by atoms with Crippen molar-refractivity contribution in [3.63, 3.8) is 0 Å². The number of hydrogen-bond donors (Lipinski definition) is 0. The molecule has 0 unspecified atom stereocenters. The number of ether oxygens (including phenoxy) is 1. The summed E-state index contributed by atoms with van der Waals surface area (Å²) in [7, 11) is 0. The van der Waals surface area contributed by atoms with Crippen molar-refractivity contribution < 1.29 is 57.6 Å². The van der Waals surface area contributed by atoms with Crippen molar-refractivity contribution in [3.8, 4) is 28.1 Å². The van der Waals surface area contributed by atoms with E-state index in [-0.39, 0.29) is 52.8 Å². The van der Waals surface area contributed by atoms with E-state index in [4.69, 9.17) is 9.72 Å². The molecule has 4 heteroatoms. The molecule has 0 spiro atoms. The number of nitrogens with zero attached hydrogens (tertiary/aromatic N) is 1. The Bertz CT molecular complexity index is 1070. The summed E-state index contributed by atoms with van der Waals surface area (Å²) >= 11 is 0. The first-order valence-corrected chi connectivity index (χ1v) is 7.85. The molecule has 2 heterocycles. The molecular weight excluding hydrogens is 575 g/mol. The maximum atomic E-state index is 5.92. The van der Waals surface area contributed by atoms with E-state index in [1.165, 1.54) is 0 Å². The number of aromatic nitrogens is 1. The van der Waals surface area contributed by atoms with Crippen LogP contribution in [0.5, 0.6) is 5.75 Å². The molecule has 2 radical (unpaired) electrons. The third-order valence-electron chi connectivity index (χ3n) is 4.25. The summed E-state index contributed by atoms with van der Waals surface area (Å²) < 4.78 is 5.92. The van der Waals surface area contributed by atoms with Crippen molar-refractivity contribution in [2.24, 2.45) is 0 Å². The molecule has 1 aliphatic rings. The first-order valence-electron chi connectivity index (χ1n) is 7.85. The SMILES string of the molecule is [Ir].[Y].[c-]1ccccc1-c1[c-]c2c([c-]c1)-c1nc3ccccc3cc1OC2. The Hall–Kier alpha value is -1.38. The van der Waals surface area contributed by atoms with E-state index >= 15 is 0 Å². The van der Waals surface area contributed by atoms with E-state index in [0.717, 1.165) is 44.6 Å². The molecule has 4 aromatic rings. The summed E-state index contributed by atoms with van der Waals surface area (Å²) in [6.07, 6.45) is 0. The fourth-order valence-electron chi connectivity index (χ4n) is 3.05. The van der Waals surface area contributed by atoms with Gasteiger partial charge in [0.2, 0.25) is 0 Å². The Morgan fingerprint density at radius 1 is 0.962 bits per heavy atom. The van der Waals surface area contributed by atoms with Gasteiger partial charge in [-0.3, -0.25) is 0 Å². The average Bonchev–Trinajstić information content (AvgIpc) is 2.66. The van der Waals surface area contributed by atoms with Gasteiger partial charge in [0, 0.05) is 58.2 Å². The number of fused-ring (bicyclic) bond motifs is 4. The summed E-state index contributed by atoms with van der Waals surface area (Å²) in [6.45, 7) is 0.486. The van der Waals surface area contributed by atoms with Crippen LogP contribution in [-0.4, -0.2) is 4.98 Å². The van der Waals surface area contributed by atoms with Gasteiger partial charge in [0.1, 0.15) is 0 Å². The third-order valence-corrected chi connectivity index (χ3v) is 4.25. The molecule has 2 nitrogen and oxygen atoms in total. The van der Waals surface area contributed by atoms with Crippen LogP contribution in [0.2, 0.25) is 0 Å². The largest absolute Gasteiger partial charge is 0.508 e. The predicted molar refractivity (Wildman–Crippen MR) is 93.5 cm³/mol. The van der Waals surface area contributed by atoms with Gasteiger partial charge in [-0.25, -0.2) is 29.3 Å². The topological polar surface area (TPSA) is 22.1 Å². The smallest absolute Gasteiger partial charge is 0.0943 e. The second-order valence-corrected chi connectivity index (χ2v) is 5.77. The van der Waals surface area contributed by atoms with E-state index in [1.54, 1.807) is 0 Å². The normalized spacial score (nSPS) is 11.4. The van der Waals surface area contributed by atoms with Crippen LogP contribution in [0.3, 0.4) is 0 Å². The van der Waals surface area contributed by atoms with Gasteiger partial charge in [-0.05, 0) is 17.8 Å². The molecule has 3 aromatic carbocycles. The minimum absolute atomic E-state index is 0. The van der Waals surface area contributed by atoms with E-state index in [0.29, 0.717) is 6.61 Å². The van der Waals surface area contributed by atoms with Crippen LogP contribution in [0.15, 0.2) is 60.7 Å². The maximum Gasteiger partial charge on any atom is 0.0943 e. The fourth-order valence-corrected chi connectivity index (χ4v) is 3.05. The van der Waals surface area contributed by atoms with Crippen molar-refractivity contribution in [2.45, 2.75) is 6.61 Å². The van der Waals surface area contributed by atoms with Crippen LogP contribution in [0, 0.1) is 18.2 Å². The molecule has 1 aromatic heterocycles. The summed E-state index contributed by atoms with van der Waals surface area (Å²) in [5.74, 6) is 0.810. The van der Waals surface area contributed by atoms with Crippen LogP contribution in [-0.2, 0) is 59.4 Å². The summed E-state index contributed by atoms with van der Waals surface area (Å²) in [5, 5.41) is 1.08. The zero-order chi connectivity index (χ0) is 15.9. The van der Waals surface area contributed by atoms with Gasteiger partial charge >= 0.3 is 0 Å². The van der Waals surface area contributed by atoms with E-state index in [1.807, 2.05) is 60.7 Å². The molecule has 0 atom stereocenters. The molecule has 0 saturated heterocycles. The van der Waals surface area contributed by atoms with Crippen molar-refractivity contribution in [1.82, 2.24) is 4.98 Å². The van der Waals surface area contributed by atoms with Crippen LogP contribution in [0.4, 0.5) is 0 Å². The molecule has 0 N–H and O–H groups in total. The number of pyridine rings is 1. The fraction of sp³-hybridized carbons (Fsp3) is 0.0455. The average molecular weight is 587 g/mol. The van der Waals surface area contributed by atoms with Crippen LogP contribution in [0.25, 0.3) is 33.3 Å². The molecule has 5 rings (SSSR count). The molecule has 0 amide bonds. The second-order valence-electron chi connectivity index (χ2n) is 5.77. The molecule has 0 fully saturated rings. The van der Waals surface area contributed by atoms with Crippen LogP contribution >= 0.6 is 0 Å². The van der Waals surface area contributed by atoms with Gasteiger partial charge in [-0.15, -0.1) is 6.07 Å². The molecule has 0 bridgehead atoms. The molecular formula is C22H12IrNOY-3. The predicted octanol–water partition coefficient (Wildman–Crippen LogP) is 4.86. The summed E-state index contributed by atoms with van der Waals surface area (Å²) in [6, 6.07) is 30.0. The molecule has 1 aliphatic heterocycles. The molecule has 26 heavy (non-hydrogen) atoms. The monoisotopic (exact) mass is 588 g/mol. The maximum absolute atomic E-state index is 5.92. The van der Waals surface area contributed by atoms with Crippen LogP contribution in [0.1, 0.15) is 5.56 Å². The van der Waals surface area contributed by atoms with Crippen molar-refractivity contribution in [2.75, 3.05) is 0 Å². The first-order chi connectivity index (χ1) is 11.9. The van der Waals surface area contributed by atoms with Gasteiger partial charge < -0.3 is 9.72 Å². The van der Waals surface area contributed by atoms with Gasteiger partial charge in [0.05, 0.1) is 17.9 Å². The summed E-state index contributed by atoms with van der Waals surface area (Å²) in [5.41, 5.74) is 5.74. The second kappa shape index (κ2) is 8.10. The van der Waals surface area contributed by atoms with E-state index in [9.17, 15) is 0 Å². The number of hydrogen-bond acceptors (Lipinski definition) is 2. The summed E-state index contributed by atoms with van der Waals surface area (Å²) in [4.78, 5) is 4.78. The van der Waals surface area contributed by atoms with E-state index in [2.05, 4.69) is 18.2 Å². The van der Waals surface area contributed by atoms with Gasteiger partial charge in [0.25, 0.3) is 0 Å². The van der Waals surface area contributed by atoms with Crippen molar-refractivity contribution in [3.05, 3.63) is 84.4 Å². The zero-order valence-corrected chi connectivity index (χ0v) is 19.0. The first kappa shape index (κ1) is 19.4. The van der Waals surface area contributed by atoms with Gasteiger partial charge in [0.15, 0.2) is 0 Å². The zero-order valence-electron chi connectivity index (χ0n) is 13.7. The quantitative estimate of drug-likeness (QED) is 0.297. The van der Waals surface area contributed by atoms with Gasteiger partial charge in [-0.2, -0.15) is 35.4 Å². The minimum Gasteiger partial charge on any atom is -0.508 e. The Labute approximate surface area is 191 Å². The van der Waals surface area contributed by atoms with E-state index < -0.39 is 0 Å². The molecule has 126 valence electrons. The number of para-hydroxylation sites is 1. The van der Waals surface area contributed by atoms with Crippen molar-refractivity contribution >= 4 is 10.9 Å². The standard InChI is InChI=1S/C22H12NO.Ir.Y/c1-2-6-15(7-3-1)16-10-11-19-18(12-16)14-24-21-13-17-8-4-5-9-20(17)23-22(19)21;;/h1-6,8-10,13H,14H2;;/q-3;;. The van der Waals surface area contributed by atoms with Crippen molar-refractivity contribution in [1.29, 1.82) is 0 Å². The third kappa shape index (κ3) is 3.42. The number of rotatable bonds is 1. The number of benzene rings is 3. The van der Waals surface area contributed by atoms with Crippen LogP contribution < -0.4 is 4.74 Å². The van der Waals surface area contributed by atoms with Gasteiger partial charge in [-0.1, -0.05) is 18.2 Å². The Morgan fingerprint density at radius 3 is 2.65 bits per heavy atom. The molecule has 0 saturated carbocycles. The Morgan fingerprint density at radius 2 is 1.81 bits per heavy atom. The minimum atomic E-state index is 0. The Kier molecular flexibility index (Phi) is 6.04. The Balaban J connectivity index is 0.000000980. The molecule has 0 aliphatic carbocycles.